The molecule has 0 heterocycles. The summed E-state index contributed by atoms with van der Waals surface area (Å²) in [6, 6.07) is 0. The Morgan fingerprint density at radius 3 is 2.62 bits per heavy atom. The van der Waals surface area contributed by atoms with Gasteiger partial charge in [0.2, 0.25) is 0 Å². The number of aliphatic hydroxyl groups excluding tert-OH is 1. The maximum atomic E-state index is 10.7. The van der Waals surface area contributed by atoms with E-state index in [0.29, 0.717) is 5.76 Å². The van der Waals surface area contributed by atoms with Gasteiger partial charge in [0.05, 0.1) is 11.7 Å². The fourth-order valence-electron chi connectivity index (χ4n) is 3.14. The van der Waals surface area contributed by atoms with Crippen LogP contribution >= 0.6 is 0 Å². The van der Waals surface area contributed by atoms with Gasteiger partial charge in [-0.1, -0.05) is 13.8 Å². The summed E-state index contributed by atoms with van der Waals surface area (Å²) in [4.78, 5) is 0. The van der Waals surface area contributed by atoms with E-state index in [0.717, 1.165) is 12.8 Å². The Morgan fingerprint density at radius 1 is 1.50 bits per heavy atom. The summed E-state index contributed by atoms with van der Waals surface area (Å²) < 4.78 is 5.59. The summed E-state index contributed by atoms with van der Waals surface area (Å²) >= 11 is 0. The van der Waals surface area contributed by atoms with Crippen LogP contribution < -0.4 is 0 Å². The zero-order valence-corrected chi connectivity index (χ0v) is 10.5. The van der Waals surface area contributed by atoms with Crippen LogP contribution in [0, 0.1) is 11.3 Å². The van der Waals surface area contributed by atoms with Gasteiger partial charge in [0, 0.05) is 5.41 Å². The number of hydrogen-bond donors (Lipinski definition) is 2. The fraction of sp³-hybridized carbons (Fsp3) is 0.846. The summed E-state index contributed by atoms with van der Waals surface area (Å²) in [5, 5.41) is 21.0. The molecule has 0 aromatic carbocycles. The van der Waals surface area contributed by atoms with Crippen LogP contribution in [-0.2, 0) is 4.74 Å². The second kappa shape index (κ2) is 3.47. The highest BCUT2D eigenvalue weighted by Gasteiger charge is 2.62. The van der Waals surface area contributed by atoms with E-state index in [1.54, 1.807) is 6.08 Å². The maximum Gasteiger partial charge on any atom is 0.124 e. The van der Waals surface area contributed by atoms with Gasteiger partial charge in [0.1, 0.15) is 11.9 Å². The average Bonchev–Trinajstić information content (AvgIpc) is 2.51. The monoisotopic (exact) mass is 226 g/mol. The number of hydrogen-bond acceptors (Lipinski definition) is 3. The van der Waals surface area contributed by atoms with Crippen LogP contribution in [0.3, 0.4) is 0 Å². The molecule has 2 aliphatic carbocycles. The van der Waals surface area contributed by atoms with Crippen molar-refractivity contribution in [1.29, 1.82) is 0 Å². The molecule has 0 aliphatic heterocycles. The van der Waals surface area contributed by atoms with Crippen LogP contribution in [0.25, 0.3) is 0 Å². The SMILES string of the molecule is CC(C)OC1=C[C@@]2(O)[C@@H](C)CC[C@@]2(C)[C@H]1O. The normalized spacial score (nSPS) is 47.1. The molecule has 2 N–H and O–H groups in total. The first-order valence-corrected chi connectivity index (χ1v) is 6.11. The standard InChI is InChI=1S/C13H22O3/c1-8(2)16-10-7-13(15)9(3)5-6-12(13,4)11(10)14/h7-9,11,14-15H,5-6H2,1-4H3/t9-,11-,12-,13+/m0/s1. The van der Waals surface area contributed by atoms with Gasteiger partial charge in [-0.15, -0.1) is 0 Å². The van der Waals surface area contributed by atoms with Crippen molar-refractivity contribution < 1.29 is 14.9 Å². The van der Waals surface area contributed by atoms with Gasteiger partial charge in [-0.05, 0) is 38.7 Å². The average molecular weight is 226 g/mol. The molecule has 92 valence electrons. The lowest BCUT2D eigenvalue weighted by Gasteiger charge is -2.37. The Hall–Kier alpha value is -0.540. The van der Waals surface area contributed by atoms with Gasteiger partial charge in [-0.25, -0.2) is 0 Å². The van der Waals surface area contributed by atoms with Crippen molar-refractivity contribution >= 4 is 0 Å². The summed E-state index contributed by atoms with van der Waals surface area (Å²) in [7, 11) is 0. The minimum Gasteiger partial charge on any atom is -0.493 e. The fourth-order valence-corrected chi connectivity index (χ4v) is 3.14. The van der Waals surface area contributed by atoms with Crippen LogP contribution in [0.2, 0.25) is 0 Å². The van der Waals surface area contributed by atoms with Crippen LogP contribution in [0.4, 0.5) is 0 Å². The summed E-state index contributed by atoms with van der Waals surface area (Å²) in [5.74, 6) is 0.729. The first kappa shape index (κ1) is 11.9. The number of fused-ring (bicyclic) bond motifs is 1. The van der Waals surface area contributed by atoms with E-state index in [9.17, 15) is 10.2 Å². The summed E-state index contributed by atoms with van der Waals surface area (Å²) in [6.45, 7) is 7.84. The second-order valence-electron chi connectivity index (χ2n) is 5.80. The molecule has 1 fully saturated rings. The first-order chi connectivity index (χ1) is 7.31. The van der Waals surface area contributed by atoms with Crippen LogP contribution in [0.5, 0.6) is 0 Å². The second-order valence-corrected chi connectivity index (χ2v) is 5.80. The van der Waals surface area contributed by atoms with Gasteiger partial charge < -0.3 is 14.9 Å². The molecule has 1 saturated carbocycles. The van der Waals surface area contributed by atoms with E-state index in [4.69, 9.17) is 4.74 Å². The molecule has 3 nitrogen and oxygen atoms in total. The zero-order valence-electron chi connectivity index (χ0n) is 10.5. The van der Waals surface area contributed by atoms with E-state index in [1.807, 2.05) is 27.7 Å². The highest BCUT2D eigenvalue weighted by atomic mass is 16.5. The quantitative estimate of drug-likeness (QED) is 0.755. The molecular formula is C13H22O3. The van der Waals surface area contributed by atoms with Crippen molar-refractivity contribution in [2.45, 2.75) is 58.3 Å². The number of rotatable bonds is 2. The minimum absolute atomic E-state index is 0.0298. The van der Waals surface area contributed by atoms with Crippen LogP contribution in [0.15, 0.2) is 11.8 Å². The Labute approximate surface area is 97.1 Å². The molecule has 2 rings (SSSR count). The molecule has 0 amide bonds. The molecule has 0 bridgehead atoms. The molecular weight excluding hydrogens is 204 g/mol. The van der Waals surface area contributed by atoms with Gasteiger partial charge >= 0.3 is 0 Å². The van der Waals surface area contributed by atoms with Gasteiger partial charge in [0.15, 0.2) is 0 Å². The molecule has 2 aliphatic rings. The predicted octanol–water partition coefficient (Wildman–Crippen LogP) is 1.84. The van der Waals surface area contributed by atoms with Gasteiger partial charge in [0.25, 0.3) is 0 Å². The lowest BCUT2D eigenvalue weighted by atomic mass is 9.74. The molecule has 0 aromatic heterocycles. The topological polar surface area (TPSA) is 49.7 Å². The van der Waals surface area contributed by atoms with Crippen molar-refractivity contribution in [3.05, 3.63) is 11.8 Å². The molecule has 4 atom stereocenters. The third-order valence-corrected chi connectivity index (χ3v) is 4.37. The van der Waals surface area contributed by atoms with Crippen molar-refractivity contribution in [3.8, 4) is 0 Å². The van der Waals surface area contributed by atoms with Crippen molar-refractivity contribution in [1.82, 2.24) is 0 Å². The largest absolute Gasteiger partial charge is 0.493 e. The molecule has 0 saturated heterocycles. The Balaban J connectivity index is 2.33. The van der Waals surface area contributed by atoms with E-state index in [2.05, 4.69) is 0 Å². The lowest BCUT2D eigenvalue weighted by molar-refractivity contribution is -0.0800. The smallest absolute Gasteiger partial charge is 0.124 e. The minimum atomic E-state index is -0.906. The summed E-state index contributed by atoms with van der Waals surface area (Å²) in [5.41, 5.74) is -1.38. The molecule has 0 unspecified atom stereocenters. The van der Waals surface area contributed by atoms with Gasteiger partial charge in [-0.2, -0.15) is 0 Å². The van der Waals surface area contributed by atoms with E-state index in [1.165, 1.54) is 0 Å². The predicted molar refractivity (Wildman–Crippen MR) is 61.8 cm³/mol. The summed E-state index contributed by atoms with van der Waals surface area (Å²) in [6.07, 6.45) is 2.89. The molecule has 16 heavy (non-hydrogen) atoms. The Morgan fingerprint density at radius 2 is 2.12 bits per heavy atom. The zero-order chi connectivity index (χ0) is 12.1. The van der Waals surface area contributed by atoms with Crippen molar-refractivity contribution in [3.63, 3.8) is 0 Å². The number of aliphatic hydroxyl groups is 2. The lowest BCUT2D eigenvalue weighted by Crippen LogP contribution is -2.46. The highest BCUT2D eigenvalue weighted by Crippen LogP contribution is 2.58. The van der Waals surface area contributed by atoms with Gasteiger partial charge in [-0.3, -0.25) is 0 Å². The van der Waals surface area contributed by atoms with Crippen LogP contribution in [0.1, 0.15) is 40.5 Å². The van der Waals surface area contributed by atoms with Crippen LogP contribution in [-0.4, -0.2) is 28.0 Å². The molecule has 0 radical (unpaired) electrons. The third kappa shape index (κ3) is 1.34. The van der Waals surface area contributed by atoms with Crippen molar-refractivity contribution in [2.24, 2.45) is 11.3 Å². The third-order valence-electron chi connectivity index (χ3n) is 4.37. The maximum absolute atomic E-state index is 10.7. The molecule has 3 heteroatoms. The number of ether oxygens (including phenoxy) is 1. The molecule has 0 aromatic rings. The Kier molecular flexibility index (Phi) is 2.59. The highest BCUT2D eigenvalue weighted by molar-refractivity contribution is 5.31. The van der Waals surface area contributed by atoms with E-state index in [-0.39, 0.29) is 12.0 Å². The first-order valence-electron chi connectivity index (χ1n) is 6.11. The molecule has 0 spiro atoms. The van der Waals surface area contributed by atoms with E-state index >= 15 is 0 Å². The Bertz CT molecular complexity index is 323. The van der Waals surface area contributed by atoms with Crippen molar-refractivity contribution in [2.75, 3.05) is 0 Å². The van der Waals surface area contributed by atoms with E-state index < -0.39 is 17.1 Å².